The van der Waals surface area contributed by atoms with Crippen LogP contribution in [0.1, 0.15) is 13.8 Å². The molecule has 3 rings (SSSR count). The Hall–Kier alpha value is -1.62. The molecule has 2 amide bonds. The van der Waals surface area contributed by atoms with Crippen LogP contribution in [0.5, 0.6) is 0 Å². The van der Waals surface area contributed by atoms with E-state index in [2.05, 4.69) is 10.6 Å². The highest BCUT2D eigenvalue weighted by Crippen LogP contribution is 2.32. The van der Waals surface area contributed by atoms with Gasteiger partial charge < -0.3 is 80.3 Å². The molecule has 3 heterocycles. The van der Waals surface area contributed by atoms with Crippen LogP contribution in [0.3, 0.4) is 0 Å². The fourth-order valence-corrected chi connectivity index (χ4v) is 4.87. The lowest BCUT2D eigenvalue weighted by atomic mass is 9.94. The Morgan fingerprint density at radius 3 is 1.57 bits per heavy atom. The van der Waals surface area contributed by atoms with Crippen LogP contribution in [-0.2, 0) is 33.3 Å². The van der Waals surface area contributed by atoms with E-state index in [0.29, 0.717) is 0 Å². The molecule has 0 saturated carbocycles. The van der Waals surface area contributed by atoms with E-state index in [1.807, 2.05) is 0 Å². The van der Waals surface area contributed by atoms with Gasteiger partial charge in [-0.3, -0.25) is 9.59 Å². The minimum absolute atomic E-state index is 0.623. The van der Waals surface area contributed by atoms with Gasteiger partial charge in [0.15, 0.2) is 18.9 Å². The molecular formula is C22H38N2O16. The summed E-state index contributed by atoms with van der Waals surface area (Å²) < 4.78 is 27.7. The lowest BCUT2D eigenvalue weighted by Gasteiger charge is -2.49. The van der Waals surface area contributed by atoms with Crippen LogP contribution in [0.25, 0.3) is 0 Å². The second-order valence-corrected chi connectivity index (χ2v) is 9.81. The van der Waals surface area contributed by atoms with Crippen LogP contribution in [0, 0.1) is 0 Å². The van der Waals surface area contributed by atoms with E-state index in [1.165, 1.54) is 0 Å². The van der Waals surface area contributed by atoms with Gasteiger partial charge in [0.05, 0.1) is 19.8 Å². The summed E-state index contributed by atoms with van der Waals surface area (Å²) >= 11 is 0. The molecule has 0 aromatic carbocycles. The molecule has 0 aliphatic carbocycles. The Labute approximate surface area is 228 Å². The van der Waals surface area contributed by atoms with Crippen LogP contribution < -0.4 is 10.6 Å². The van der Waals surface area contributed by atoms with E-state index in [1.54, 1.807) is 0 Å². The molecular weight excluding hydrogens is 548 g/mol. The SMILES string of the molecule is CC(=O)N[C@@H]1[C@@H](O)[C@H](O[C@H]2O[C@H](CO)[C@@H](O[C@H]3O[C@H](CO)[C@@H](O)[C@H](O)[C@@H]3O)[C@H](O)[C@H]2NC(C)=O)[C@@H](CO)O[C@H]1O. The topological polar surface area (TPSA) is 286 Å². The zero-order valence-electron chi connectivity index (χ0n) is 21.7. The van der Waals surface area contributed by atoms with Crippen LogP contribution >= 0.6 is 0 Å². The minimum Gasteiger partial charge on any atom is -0.394 e. The predicted octanol–water partition coefficient (Wildman–Crippen LogP) is -7.29. The van der Waals surface area contributed by atoms with E-state index in [-0.39, 0.29) is 0 Å². The lowest BCUT2D eigenvalue weighted by molar-refractivity contribution is -0.360. The fraction of sp³-hybridized carbons (Fsp3) is 0.909. The summed E-state index contributed by atoms with van der Waals surface area (Å²) in [5, 5.41) is 96.5. The molecule has 18 heteroatoms. The number of amides is 2. The van der Waals surface area contributed by atoms with Crippen molar-refractivity contribution in [1.82, 2.24) is 10.6 Å². The number of hydrogen-bond acceptors (Lipinski definition) is 16. The van der Waals surface area contributed by atoms with Crippen molar-refractivity contribution in [3.63, 3.8) is 0 Å². The third-order valence-corrected chi connectivity index (χ3v) is 6.90. The molecule has 0 radical (unpaired) electrons. The normalized spacial score (nSPS) is 46.0. The first kappa shape index (κ1) is 32.9. The summed E-state index contributed by atoms with van der Waals surface area (Å²) in [6.07, 6.45) is -21.1. The van der Waals surface area contributed by atoms with Gasteiger partial charge in [0, 0.05) is 13.8 Å². The summed E-state index contributed by atoms with van der Waals surface area (Å²) in [4.78, 5) is 23.5. The molecule has 3 saturated heterocycles. The second-order valence-electron chi connectivity index (χ2n) is 9.81. The van der Waals surface area contributed by atoms with E-state index < -0.39 is 124 Å². The van der Waals surface area contributed by atoms with Gasteiger partial charge >= 0.3 is 0 Å². The fourth-order valence-electron chi connectivity index (χ4n) is 4.87. The number of nitrogens with one attached hydrogen (secondary N) is 2. The summed E-state index contributed by atoms with van der Waals surface area (Å²) in [6, 6.07) is -2.87. The Kier molecular flexibility index (Phi) is 11.5. The third kappa shape index (κ3) is 7.05. The summed E-state index contributed by atoms with van der Waals surface area (Å²) in [5.41, 5.74) is 0. The summed E-state index contributed by atoms with van der Waals surface area (Å²) in [5.74, 6) is -1.30. The van der Waals surface area contributed by atoms with E-state index >= 15 is 0 Å². The molecule has 0 aromatic rings. The zero-order chi connectivity index (χ0) is 29.9. The minimum atomic E-state index is -1.85. The van der Waals surface area contributed by atoms with Gasteiger partial charge in [0.25, 0.3) is 0 Å². The van der Waals surface area contributed by atoms with Crippen LogP contribution in [-0.4, -0.2) is 170 Å². The molecule has 3 fully saturated rings. The van der Waals surface area contributed by atoms with Crippen molar-refractivity contribution < 1.29 is 79.2 Å². The standard InChI is InChI=1S/C22H38N2O16/c1-6(28)23-11-14(31)18(9(4-26)36-20(11)35)39-21-12(24-7(2)29)15(32)19(10(5-27)38-21)40-22-17(34)16(33)13(30)8(3-25)37-22/h8-22,25-27,30-35H,3-5H2,1-2H3,(H,23,28)(H,24,29)/t8-,9-,10-,11-,12-,13-,14-,15-,16+,17+,18-,19-,20-,21-,22-/m1/s1. The van der Waals surface area contributed by atoms with Crippen molar-refractivity contribution in [2.45, 2.75) is 106 Å². The quantitative estimate of drug-likeness (QED) is 0.120. The first-order valence-electron chi connectivity index (χ1n) is 12.6. The van der Waals surface area contributed by atoms with Crippen LogP contribution in [0.15, 0.2) is 0 Å². The maximum absolute atomic E-state index is 12.0. The van der Waals surface area contributed by atoms with Gasteiger partial charge in [-0.05, 0) is 0 Å². The second kappa shape index (κ2) is 14.0. The molecule has 18 nitrogen and oxygen atoms in total. The number of carbonyl (C=O) groups is 2. The van der Waals surface area contributed by atoms with E-state index in [0.717, 1.165) is 13.8 Å². The van der Waals surface area contributed by atoms with Crippen molar-refractivity contribution in [2.75, 3.05) is 19.8 Å². The van der Waals surface area contributed by atoms with Gasteiger partial charge in [-0.2, -0.15) is 0 Å². The highest BCUT2D eigenvalue weighted by Gasteiger charge is 2.54. The van der Waals surface area contributed by atoms with Crippen molar-refractivity contribution in [1.29, 1.82) is 0 Å². The van der Waals surface area contributed by atoms with Gasteiger partial charge in [-0.1, -0.05) is 0 Å². The van der Waals surface area contributed by atoms with Crippen molar-refractivity contribution in [3.05, 3.63) is 0 Å². The highest BCUT2D eigenvalue weighted by atomic mass is 16.7. The van der Waals surface area contributed by atoms with E-state index in [4.69, 9.17) is 23.7 Å². The first-order chi connectivity index (χ1) is 18.8. The number of rotatable bonds is 9. The molecule has 3 aliphatic heterocycles. The van der Waals surface area contributed by atoms with Crippen LogP contribution in [0.4, 0.5) is 0 Å². The number of carbonyl (C=O) groups excluding carboxylic acids is 2. The average molecular weight is 587 g/mol. The van der Waals surface area contributed by atoms with Gasteiger partial charge in [-0.15, -0.1) is 0 Å². The molecule has 232 valence electrons. The van der Waals surface area contributed by atoms with Crippen molar-refractivity contribution in [2.24, 2.45) is 0 Å². The van der Waals surface area contributed by atoms with Gasteiger partial charge in [0.2, 0.25) is 11.8 Å². The number of hydrogen-bond donors (Lipinski definition) is 11. The van der Waals surface area contributed by atoms with Crippen molar-refractivity contribution in [3.8, 4) is 0 Å². The monoisotopic (exact) mass is 586 g/mol. The van der Waals surface area contributed by atoms with Crippen molar-refractivity contribution >= 4 is 11.8 Å². The van der Waals surface area contributed by atoms with E-state index in [9.17, 15) is 55.5 Å². The number of ether oxygens (including phenoxy) is 5. The van der Waals surface area contributed by atoms with Gasteiger partial charge in [0.1, 0.15) is 73.1 Å². The first-order valence-corrected chi connectivity index (χ1v) is 12.6. The molecule has 0 aromatic heterocycles. The molecule has 0 spiro atoms. The lowest BCUT2D eigenvalue weighted by Crippen LogP contribution is -2.70. The third-order valence-electron chi connectivity index (χ3n) is 6.90. The Morgan fingerprint density at radius 1 is 0.600 bits per heavy atom. The molecule has 0 unspecified atom stereocenters. The number of aliphatic hydroxyl groups excluding tert-OH is 9. The molecule has 3 aliphatic rings. The largest absolute Gasteiger partial charge is 0.394 e. The zero-order valence-corrected chi connectivity index (χ0v) is 21.7. The molecule has 11 N–H and O–H groups in total. The summed E-state index contributed by atoms with van der Waals surface area (Å²) in [6.45, 7) is -0.117. The maximum atomic E-state index is 12.0. The maximum Gasteiger partial charge on any atom is 0.217 e. The smallest absolute Gasteiger partial charge is 0.217 e. The van der Waals surface area contributed by atoms with Crippen LogP contribution in [0.2, 0.25) is 0 Å². The number of aliphatic hydroxyl groups is 9. The highest BCUT2D eigenvalue weighted by molar-refractivity contribution is 5.73. The average Bonchev–Trinajstić information content (AvgIpc) is 2.90. The molecule has 40 heavy (non-hydrogen) atoms. The van der Waals surface area contributed by atoms with Gasteiger partial charge in [-0.25, -0.2) is 0 Å². The Balaban J connectivity index is 1.85. The summed E-state index contributed by atoms with van der Waals surface area (Å²) in [7, 11) is 0. The Bertz CT molecular complexity index is 852. The Morgan fingerprint density at radius 2 is 1.05 bits per heavy atom. The molecule has 0 bridgehead atoms. The predicted molar refractivity (Wildman–Crippen MR) is 124 cm³/mol. The molecule has 15 atom stereocenters.